The Morgan fingerprint density at radius 1 is 1.15 bits per heavy atom. The number of benzene rings is 1. The zero-order valence-electron chi connectivity index (χ0n) is 12.9. The normalized spacial score (nSPS) is 19.4. The first kappa shape index (κ1) is 15.5. The quantitative estimate of drug-likeness (QED) is 0.889. The van der Waals surface area contributed by atoms with Crippen molar-refractivity contribution in [3.05, 3.63) is 35.6 Å². The zero-order chi connectivity index (χ0) is 14.5. The molecule has 0 saturated carbocycles. The van der Waals surface area contributed by atoms with E-state index in [4.69, 9.17) is 0 Å². The van der Waals surface area contributed by atoms with Crippen LogP contribution in [0.15, 0.2) is 24.3 Å². The molecule has 1 N–H and O–H groups in total. The Bertz CT molecular complexity index is 394. The van der Waals surface area contributed by atoms with Gasteiger partial charge < -0.3 is 10.2 Å². The van der Waals surface area contributed by atoms with Crippen molar-refractivity contribution in [2.75, 3.05) is 13.1 Å². The van der Waals surface area contributed by atoms with Crippen LogP contribution in [0.1, 0.15) is 39.2 Å². The molecule has 1 atom stereocenters. The summed E-state index contributed by atoms with van der Waals surface area (Å²) in [6.45, 7) is 9.14. The van der Waals surface area contributed by atoms with Gasteiger partial charge in [0.2, 0.25) is 0 Å². The molecule has 2 rings (SSSR count). The van der Waals surface area contributed by atoms with Gasteiger partial charge in [-0.15, -0.1) is 0 Å². The van der Waals surface area contributed by atoms with Crippen LogP contribution in [0.3, 0.4) is 0 Å². The minimum atomic E-state index is -0.157. The van der Waals surface area contributed by atoms with Gasteiger partial charge in [-0.05, 0) is 70.8 Å². The number of piperidine rings is 1. The molecule has 1 heterocycles. The van der Waals surface area contributed by atoms with E-state index in [1.807, 2.05) is 12.1 Å². The second kappa shape index (κ2) is 7.19. The first-order valence-corrected chi connectivity index (χ1v) is 7.79. The van der Waals surface area contributed by atoms with E-state index < -0.39 is 0 Å². The maximum atomic E-state index is 12.9. The van der Waals surface area contributed by atoms with Crippen molar-refractivity contribution < 1.29 is 4.39 Å². The Morgan fingerprint density at radius 3 is 2.30 bits per heavy atom. The van der Waals surface area contributed by atoms with Gasteiger partial charge >= 0.3 is 0 Å². The van der Waals surface area contributed by atoms with Crippen molar-refractivity contribution in [1.82, 2.24) is 10.2 Å². The molecular weight excluding hydrogens is 251 g/mol. The molecule has 3 heteroatoms. The van der Waals surface area contributed by atoms with Crippen molar-refractivity contribution in [1.29, 1.82) is 0 Å². The third-order valence-corrected chi connectivity index (χ3v) is 4.24. The Hall–Kier alpha value is -0.930. The molecule has 0 radical (unpaired) electrons. The highest BCUT2D eigenvalue weighted by Gasteiger charge is 2.21. The molecule has 1 unspecified atom stereocenters. The van der Waals surface area contributed by atoms with E-state index in [1.54, 1.807) is 12.1 Å². The van der Waals surface area contributed by atoms with Gasteiger partial charge in [0.05, 0.1) is 0 Å². The summed E-state index contributed by atoms with van der Waals surface area (Å²) in [5, 5.41) is 3.72. The van der Waals surface area contributed by atoms with E-state index in [0.717, 1.165) is 6.42 Å². The van der Waals surface area contributed by atoms with Crippen molar-refractivity contribution >= 4 is 0 Å². The summed E-state index contributed by atoms with van der Waals surface area (Å²) in [4.78, 5) is 2.54. The lowest BCUT2D eigenvalue weighted by atomic mass is 10.0. The van der Waals surface area contributed by atoms with E-state index in [0.29, 0.717) is 18.1 Å². The predicted molar refractivity (Wildman–Crippen MR) is 82.4 cm³/mol. The van der Waals surface area contributed by atoms with E-state index in [1.165, 1.54) is 31.5 Å². The highest BCUT2D eigenvalue weighted by Crippen LogP contribution is 2.14. The first-order valence-electron chi connectivity index (χ1n) is 7.79. The van der Waals surface area contributed by atoms with Crippen LogP contribution in [0.25, 0.3) is 0 Å². The number of nitrogens with one attached hydrogen (secondary N) is 1. The lowest BCUT2D eigenvalue weighted by molar-refractivity contribution is 0.157. The minimum absolute atomic E-state index is 0.157. The monoisotopic (exact) mass is 278 g/mol. The number of halogens is 1. The van der Waals surface area contributed by atoms with E-state index >= 15 is 0 Å². The smallest absolute Gasteiger partial charge is 0.123 e. The molecule has 2 nitrogen and oxygen atoms in total. The third-order valence-electron chi connectivity index (χ3n) is 4.24. The number of hydrogen-bond acceptors (Lipinski definition) is 2. The lowest BCUT2D eigenvalue weighted by Gasteiger charge is -2.36. The van der Waals surface area contributed by atoms with Gasteiger partial charge in [-0.25, -0.2) is 4.39 Å². The Balaban J connectivity index is 1.75. The first-order chi connectivity index (χ1) is 9.54. The van der Waals surface area contributed by atoms with Crippen LogP contribution in [0.5, 0.6) is 0 Å². The maximum Gasteiger partial charge on any atom is 0.123 e. The van der Waals surface area contributed by atoms with Gasteiger partial charge in [0, 0.05) is 18.1 Å². The minimum Gasteiger partial charge on any atom is -0.311 e. The van der Waals surface area contributed by atoms with Crippen LogP contribution >= 0.6 is 0 Å². The average Bonchev–Trinajstić information content (AvgIpc) is 2.42. The topological polar surface area (TPSA) is 15.3 Å². The Labute approximate surface area is 122 Å². The second-order valence-electron chi connectivity index (χ2n) is 6.30. The van der Waals surface area contributed by atoms with Crippen LogP contribution in [-0.2, 0) is 6.42 Å². The molecule has 0 spiro atoms. The molecule has 1 saturated heterocycles. The summed E-state index contributed by atoms with van der Waals surface area (Å²) >= 11 is 0. The Morgan fingerprint density at radius 2 is 1.75 bits per heavy atom. The van der Waals surface area contributed by atoms with Crippen LogP contribution in [0.4, 0.5) is 4.39 Å². The SMILES string of the molecule is CC(Cc1ccc(F)cc1)NC1CCN(C(C)C)CC1. The number of nitrogens with zero attached hydrogens (tertiary/aromatic N) is 1. The van der Waals surface area contributed by atoms with Crippen molar-refractivity contribution in [3.8, 4) is 0 Å². The summed E-state index contributed by atoms with van der Waals surface area (Å²) in [5.41, 5.74) is 1.20. The molecule has 0 aromatic heterocycles. The summed E-state index contributed by atoms with van der Waals surface area (Å²) < 4.78 is 12.9. The molecule has 1 aromatic carbocycles. The molecule has 0 amide bonds. The number of likely N-dealkylation sites (tertiary alicyclic amines) is 1. The van der Waals surface area contributed by atoms with Gasteiger partial charge in [-0.3, -0.25) is 0 Å². The number of rotatable bonds is 5. The van der Waals surface area contributed by atoms with Crippen LogP contribution in [-0.4, -0.2) is 36.1 Å². The molecule has 112 valence electrons. The predicted octanol–water partition coefficient (Wildman–Crippen LogP) is 3.22. The zero-order valence-corrected chi connectivity index (χ0v) is 12.9. The summed E-state index contributed by atoms with van der Waals surface area (Å²) in [5.74, 6) is -0.157. The van der Waals surface area contributed by atoms with E-state index in [2.05, 4.69) is 31.0 Å². The summed E-state index contributed by atoms with van der Waals surface area (Å²) in [7, 11) is 0. The van der Waals surface area contributed by atoms with Crippen LogP contribution in [0, 0.1) is 5.82 Å². The van der Waals surface area contributed by atoms with Gasteiger partial charge in [0.15, 0.2) is 0 Å². The maximum absolute atomic E-state index is 12.9. The molecule has 0 bridgehead atoms. The molecule has 1 aliphatic rings. The standard InChI is InChI=1S/C17H27FN2/c1-13(2)20-10-8-17(9-11-20)19-14(3)12-15-4-6-16(18)7-5-15/h4-7,13-14,17,19H,8-12H2,1-3H3. The Kier molecular flexibility index (Phi) is 5.55. The lowest BCUT2D eigenvalue weighted by Crippen LogP contribution is -2.47. The van der Waals surface area contributed by atoms with Gasteiger partial charge in [-0.1, -0.05) is 12.1 Å². The molecule has 1 aromatic rings. The molecule has 1 aliphatic heterocycles. The van der Waals surface area contributed by atoms with Crippen molar-refractivity contribution in [2.24, 2.45) is 0 Å². The fourth-order valence-electron chi connectivity index (χ4n) is 3.02. The molecule has 20 heavy (non-hydrogen) atoms. The summed E-state index contributed by atoms with van der Waals surface area (Å²) in [6.07, 6.45) is 3.42. The largest absolute Gasteiger partial charge is 0.311 e. The average molecular weight is 278 g/mol. The van der Waals surface area contributed by atoms with Crippen molar-refractivity contribution in [3.63, 3.8) is 0 Å². The number of hydrogen-bond donors (Lipinski definition) is 1. The molecule has 0 aliphatic carbocycles. The summed E-state index contributed by atoms with van der Waals surface area (Å²) in [6, 6.07) is 8.58. The van der Waals surface area contributed by atoms with E-state index in [-0.39, 0.29) is 5.82 Å². The van der Waals surface area contributed by atoms with Gasteiger partial charge in [0.1, 0.15) is 5.82 Å². The van der Waals surface area contributed by atoms with Crippen LogP contribution < -0.4 is 5.32 Å². The fraction of sp³-hybridized carbons (Fsp3) is 0.647. The molecular formula is C17H27FN2. The van der Waals surface area contributed by atoms with Gasteiger partial charge in [-0.2, -0.15) is 0 Å². The van der Waals surface area contributed by atoms with E-state index in [9.17, 15) is 4.39 Å². The molecule has 1 fully saturated rings. The highest BCUT2D eigenvalue weighted by atomic mass is 19.1. The highest BCUT2D eigenvalue weighted by molar-refractivity contribution is 5.17. The second-order valence-corrected chi connectivity index (χ2v) is 6.30. The third kappa shape index (κ3) is 4.57. The van der Waals surface area contributed by atoms with Gasteiger partial charge in [0.25, 0.3) is 0 Å². The fourth-order valence-corrected chi connectivity index (χ4v) is 3.02. The van der Waals surface area contributed by atoms with Crippen molar-refractivity contribution in [2.45, 2.75) is 58.2 Å². The van der Waals surface area contributed by atoms with Crippen LogP contribution in [0.2, 0.25) is 0 Å².